The van der Waals surface area contributed by atoms with Crippen LogP contribution in [0.3, 0.4) is 0 Å². The van der Waals surface area contributed by atoms with Gasteiger partial charge in [-0.3, -0.25) is 0 Å². The van der Waals surface area contributed by atoms with Crippen LogP contribution in [0.5, 0.6) is 0 Å². The number of hydrogen-bond donors (Lipinski definition) is 2. The number of amides is 2. The average molecular weight is 396 g/mol. The molecule has 1 fully saturated rings. The van der Waals surface area contributed by atoms with E-state index < -0.39 is 18.0 Å². The van der Waals surface area contributed by atoms with Gasteiger partial charge in [-0.1, -0.05) is 39.1 Å². The highest BCUT2D eigenvalue weighted by Crippen LogP contribution is 2.34. The van der Waals surface area contributed by atoms with Gasteiger partial charge >= 0.3 is 12.0 Å². The van der Waals surface area contributed by atoms with Gasteiger partial charge in [-0.2, -0.15) is 0 Å². The fourth-order valence-corrected chi connectivity index (χ4v) is 3.57. The Kier molecular flexibility index (Phi) is 5.35. The van der Waals surface area contributed by atoms with Crippen LogP contribution in [0.2, 0.25) is 10.0 Å². The summed E-state index contributed by atoms with van der Waals surface area (Å²) < 4.78 is 0.692. The Hall–Kier alpha value is -0.980. The van der Waals surface area contributed by atoms with Crippen molar-refractivity contribution >= 4 is 56.8 Å². The van der Waals surface area contributed by atoms with Gasteiger partial charge in [0, 0.05) is 11.0 Å². The minimum atomic E-state index is -1.00. The molecule has 8 heteroatoms. The van der Waals surface area contributed by atoms with E-state index in [1.54, 1.807) is 12.1 Å². The maximum atomic E-state index is 12.3. The number of hydrogen-bond acceptors (Lipinski definition) is 2. The number of urea groups is 1. The summed E-state index contributed by atoms with van der Waals surface area (Å²) in [6.45, 7) is 0.397. The van der Waals surface area contributed by atoms with E-state index >= 15 is 0 Å². The second kappa shape index (κ2) is 6.85. The second-order valence-corrected chi connectivity index (χ2v) is 6.45. The molecule has 1 atom stereocenters. The first-order valence-electron chi connectivity index (χ1n) is 6.35. The molecule has 0 saturated carbocycles. The molecule has 0 aliphatic carbocycles. The molecule has 1 aliphatic rings. The highest BCUT2D eigenvalue weighted by molar-refractivity contribution is 9.10. The van der Waals surface area contributed by atoms with E-state index in [1.165, 1.54) is 4.90 Å². The molecule has 0 radical (unpaired) electrons. The number of piperidine rings is 1. The molecular weight excluding hydrogens is 383 g/mol. The maximum Gasteiger partial charge on any atom is 0.326 e. The number of carboxylic acid groups (broad SMARTS) is 1. The summed E-state index contributed by atoms with van der Waals surface area (Å²) in [5.74, 6) is -1.00. The van der Waals surface area contributed by atoms with Gasteiger partial charge < -0.3 is 15.3 Å². The van der Waals surface area contributed by atoms with Crippen LogP contribution in [-0.2, 0) is 4.79 Å². The number of likely N-dealkylation sites (tertiary alicyclic amines) is 1. The van der Waals surface area contributed by atoms with Gasteiger partial charge in [-0.15, -0.1) is 0 Å². The van der Waals surface area contributed by atoms with Crippen molar-refractivity contribution in [3.8, 4) is 0 Å². The normalized spacial score (nSPS) is 18.4. The minimum Gasteiger partial charge on any atom is -0.480 e. The third-order valence-corrected chi connectivity index (χ3v) is 4.34. The Labute approximate surface area is 140 Å². The monoisotopic (exact) mass is 394 g/mol. The van der Waals surface area contributed by atoms with Crippen LogP contribution in [0.25, 0.3) is 0 Å². The van der Waals surface area contributed by atoms with Crippen molar-refractivity contribution in [2.45, 2.75) is 25.3 Å². The van der Waals surface area contributed by atoms with Crippen LogP contribution in [0.1, 0.15) is 19.3 Å². The van der Waals surface area contributed by atoms with E-state index in [9.17, 15) is 14.7 Å². The minimum absolute atomic E-state index is 0.279. The fourth-order valence-electron chi connectivity index (χ4n) is 2.27. The summed E-state index contributed by atoms with van der Waals surface area (Å²) in [7, 11) is 0. The zero-order valence-electron chi connectivity index (χ0n) is 10.9. The Balaban J connectivity index is 2.19. The van der Waals surface area contributed by atoms with Gasteiger partial charge in [-0.25, -0.2) is 9.59 Å². The van der Waals surface area contributed by atoms with Crippen molar-refractivity contribution in [3.63, 3.8) is 0 Å². The Bertz CT molecular complexity index is 560. The molecular formula is C13H13BrCl2N2O3. The molecule has 1 aromatic carbocycles. The van der Waals surface area contributed by atoms with Gasteiger partial charge in [0.2, 0.25) is 0 Å². The molecule has 2 N–H and O–H groups in total. The van der Waals surface area contributed by atoms with E-state index in [2.05, 4.69) is 21.2 Å². The maximum absolute atomic E-state index is 12.3. The number of carboxylic acids is 1. The fraction of sp³-hybridized carbons (Fsp3) is 0.385. The Morgan fingerprint density at radius 1 is 1.29 bits per heavy atom. The first-order valence-corrected chi connectivity index (χ1v) is 7.90. The van der Waals surface area contributed by atoms with E-state index in [1.807, 2.05) is 0 Å². The lowest BCUT2D eigenvalue weighted by Gasteiger charge is -2.33. The lowest BCUT2D eigenvalue weighted by atomic mass is 10.0. The molecule has 1 aromatic rings. The van der Waals surface area contributed by atoms with Crippen LogP contribution in [-0.4, -0.2) is 34.6 Å². The quantitative estimate of drug-likeness (QED) is 0.787. The van der Waals surface area contributed by atoms with Crippen LogP contribution in [0, 0.1) is 0 Å². The number of carbonyl (C=O) groups excluding carboxylic acids is 1. The number of nitrogens with one attached hydrogen (secondary N) is 1. The van der Waals surface area contributed by atoms with Crippen LogP contribution < -0.4 is 5.32 Å². The summed E-state index contributed by atoms with van der Waals surface area (Å²) in [5, 5.41) is 12.4. The predicted molar refractivity (Wildman–Crippen MR) is 85.2 cm³/mol. The average Bonchev–Trinajstić information content (AvgIpc) is 2.42. The summed E-state index contributed by atoms with van der Waals surface area (Å²) in [6, 6.07) is 1.89. The molecule has 5 nitrogen and oxygen atoms in total. The number of halogens is 3. The Morgan fingerprint density at radius 3 is 2.48 bits per heavy atom. The van der Waals surface area contributed by atoms with Gasteiger partial charge in [-0.05, 0) is 31.4 Å². The number of nitrogens with zero attached hydrogens (tertiary/aromatic N) is 1. The number of aliphatic carboxylic acids is 1. The van der Waals surface area contributed by atoms with Crippen LogP contribution in [0.4, 0.5) is 10.5 Å². The lowest BCUT2D eigenvalue weighted by molar-refractivity contribution is -0.143. The predicted octanol–water partition coefficient (Wildman–Crippen LogP) is 4.23. The highest BCUT2D eigenvalue weighted by atomic mass is 79.9. The van der Waals surface area contributed by atoms with Crippen molar-refractivity contribution in [1.29, 1.82) is 0 Å². The molecule has 1 heterocycles. The molecule has 0 aromatic heterocycles. The second-order valence-electron chi connectivity index (χ2n) is 4.72. The number of benzene rings is 1. The van der Waals surface area contributed by atoms with Crippen molar-refractivity contribution in [2.24, 2.45) is 0 Å². The van der Waals surface area contributed by atoms with Crippen LogP contribution >= 0.6 is 39.1 Å². The van der Waals surface area contributed by atoms with Crippen molar-refractivity contribution in [2.75, 3.05) is 11.9 Å². The largest absolute Gasteiger partial charge is 0.480 e. The third kappa shape index (κ3) is 3.81. The topological polar surface area (TPSA) is 69.6 Å². The SMILES string of the molecule is O=C(O)C1CCCCN1C(=O)Nc1c(Cl)cc(Br)cc1Cl. The molecule has 0 bridgehead atoms. The summed E-state index contributed by atoms with van der Waals surface area (Å²) in [5.41, 5.74) is 0.279. The molecule has 2 amide bonds. The summed E-state index contributed by atoms with van der Waals surface area (Å²) in [6.07, 6.45) is 2.02. The van der Waals surface area contributed by atoms with Crippen molar-refractivity contribution in [1.82, 2.24) is 4.90 Å². The third-order valence-electron chi connectivity index (χ3n) is 3.29. The van der Waals surface area contributed by atoms with Crippen molar-refractivity contribution in [3.05, 3.63) is 26.7 Å². The first-order chi connectivity index (χ1) is 9.90. The van der Waals surface area contributed by atoms with Crippen LogP contribution in [0.15, 0.2) is 16.6 Å². The summed E-state index contributed by atoms with van der Waals surface area (Å²) >= 11 is 15.4. The summed E-state index contributed by atoms with van der Waals surface area (Å²) in [4.78, 5) is 24.8. The van der Waals surface area contributed by atoms with Gasteiger partial charge in [0.05, 0.1) is 15.7 Å². The molecule has 1 saturated heterocycles. The molecule has 0 spiro atoms. The number of rotatable bonds is 2. The van der Waals surface area contributed by atoms with E-state index in [0.29, 0.717) is 17.4 Å². The van der Waals surface area contributed by atoms with Gasteiger partial charge in [0.25, 0.3) is 0 Å². The zero-order chi connectivity index (χ0) is 15.6. The number of anilines is 1. The van der Waals surface area contributed by atoms with Gasteiger partial charge in [0.15, 0.2) is 0 Å². The van der Waals surface area contributed by atoms with Gasteiger partial charge in [0.1, 0.15) is 6.04 Å². The van der Waals surface area contributed by atoms with E-state index in [4.69, 9.17) is 23.2 Å². The molecule has 1 aliphatic heterocycles. The first kappa shape index (κ1) is 16.4. The standard InChI is InChI=1S/C13H13BrCl2N2O3/c14-7-5-8(15)11(9(16)6-7)17-13(21)18-4-2-1-3-10(18)12(19)20/h5-6,10H,1-4H2,(H,17,21)(H,19,20). The Morgan fingerprint density at radius 2 is 1.90 bits per heavy atom. The molecule has 2 rings (SSSR count). The molecule has 114 valence electrons. The molecule has 1 unspecified atom stereocenters. The lowest BCUT2D eigenvalue weighted by Crippen LogP contribution is -2.49. The molecule has 21 heavy (non-hydrogen) atoms. The zero-order valence-corrected chi connectivity index (χ0v) is 14.0. The van der Waals surface area contributed by atoms with E-state index in [0.717, 1.165) is 12.8 Å². The van der Waals surface area contributed by atoms with Crippen molar-refractivity contribution < 1.29 is 14.7 Å². The van der Waals surface area contributed by atoms with E-state index in [-0.39, 0.29) is 15.7 Å². The smallest absolute Gasteiger partial charge is 0.326 e. The number of carbonyl (C=O) groups is 2. The highest BCUT2D eigenvalue weighted by Gasteiger charge is 2.32.